The van der Waals surface area contributed by atoms with Gasteiger partial charge in [0.1, 0.15) is 17.3 Å². The maximum atomic E-state index is 6.20. The molecule has 1 rings (SSSR count). The van der Waals surface area contributed by atoms with Crippen LogP contribution in [0.2, 0.25) is 0 Å². The molecule has 0 bridgehead atoms. The Morgan fingerprint density at radius 3 is 1.84 bits per heavy atom. The Kier molecular flexibility index (Phi) is 5.10. The fourth-order valence-electron chi connectivity index (χ4n) is 1.89. The van der Waals surface area contributed by atoms with E-state index >= 15 is 0 Å². The summed E-state index contributed by atoms with van der Waals surface area (Å²) in [4.78, 5) is 2.07. The van der Waals surface area contributed by atoms with Crippen molar-refractivity contribution in [2.45, 2.75) is 33.7 Å². The van der Waals surface area contributed by atoms with Crippen LogP contribution in [0.1, 0.15) is 27.7 Å². The summed E-state index contributed by atoms with van der Waals surface area (Å²) in [6, 6.07) is 6.00. The second-order valence-corrected chi connectivity index (χ2v) is 4.92. The van der Waals surface area contributed by atoms with Crippen molar-refractivity contribution in [3.63, 3.8) is 0 Å². The second kappa shape index (κ2) is 6.36. The van der Waals surface area contributed by atoms with Crippen LogP contribution in [-0.2, 0) is 0 Å². The van der Waals surface area contributed by atoms with Gasteiger partial charge in [-0.15, -0.1) is 0 Å². The Hall–Kier alpha value is -1.84. The first-order chi connectivity index (χ1) is 8.90. The summed E-state index contributed by atoms with van der Waals surface area (Å²) in [7, 11) is 3.28. The quantitative estimate of drug-likeness (QED) is 0.887. The zero-order valence-electron chi connectivity index (χ0n) is 12.7. The maximum Gasteiger partial charge on any atom is 0.124 e. The zero-order valence-corrected chi connectivity index (χ0v) is 12.7. The number of nitrogens with zero attached hydrogens (tertiary/aromatic N) is 1. The number of methoxy groups -OCH3 is 2. The predicted molar refractivity (Wildman–Crippen MR) is 79.7 cm³/mol. The summed E-state index contributed by atoms with van der Waals surface area (Å²) in [6.45, 7) is 8.20. The van der Waals surface area contributed by atoms with Crippen LogP contribution in [0.5, 0.6) is 11.5 Å². The van der Waals surface area contributed by atoms with Crippen molar-refractivity contribution in [2.24, 2.45) is 5.73 Å². The summed E-state index contributed by atoms with van der Waals surface area (Å²) < 4.78 is 10.6. The molecule has 0 heterocycles. The van der Waals surface area contributed by atoms with Gasteiger partial charge in [-0.05, 0) is 33.3 Å². The fraction of sp³-hybridized carbons (Fsp3) is 0.467. The van der Waals surface area contributed by atoms with Crippen molar-refractivity contribution >= 4 is 5.69 Å². The number of benzene rings is 1. The summed E-state index contributed by atoms with van der Waals surface area (Å²) in [5.74, 6) is 2.26. The number of ether oxygens (including phenoxy) is 2. The monoisotopic (exact) mass is 264 g/mol. The van der Waals surface area contributed by atoms with Gasteiger partial charge in [-0.3, -0.25) is 0 Å². The average molecular weight is 264 g/mol. The average Bonchev–Trinajstić information content (AvgIpc) is 2.37. The molecular weight excluding hydrogens is 240 g/mol. The van der Waals surface area contributed by atoms with Crippen molar-refractivity contribution in [3.8, 4) is 11.5 Å². The Bertz CT molecular complexity index is 441. The van der Waals surface area contributed by atoms with Gasteiger partial charge in [0.25, 0.3) is 0 Å². The van der Waals surface area contributed by atoms with Gasteiger partial charge in [-0.2, -0.15) is 0 Å². The molecule has 2 N–H and O–H groups in total. The van der Waals surface area contributed by atoms with E-state index in [0.29, 0.717) is 0 Å². The third-order valence-corrected chi connectivity index (χ3v) is 2.90. The highest BCUT2D eigenvalue weighted by Crippen LogP contribution is 2.31. The molecule has 0 aliphatic rings. The lowest BCUT2D eigenvalue weighted by Crippen LogP contribution is -2.34. The Morgan fingerprint density at radius 1 is 1.05 bits per heavy atom. The highest BCUT2D eigenvalue weighted by molar-refractivity contribution is 5.59. The fourth-order valence-corrected chi connectivity index (χ4v) is 1.89. The van der Waals surface area contributed by atoms with Crippen molar-refractivity contribution in [2.75, 3.05) is 19.1 Å². The van der Waals surface area contributed by atoms with Gasteiger partial charge in [0.05, 0.1) is 14.2 Å². The molecule has 0 aliphatic heterocycles. The van der Waals surface area contributed by atoms with Gasteiger partial charge >= 0.3 is 0 Å². The summed E-state index contributed by atoms with van der Waals surface area (Å²) in [6.07, 6.45) is 0. The third kappa shape index (κ3) is 3.56. The zero-order chi connectivity index (χ0) is 14.6. The van der Waals surface area contributed by atoms with Crippen LogP contribution in [-0.4, -0.2) is 20.3 Å². The first-order valence-corrected chi connectivity index (χ1v) is 6.36. The molecule has 0 aliphatic carbocycles. The minimum absolute atomic E-state index is 0.242. The van der Waals surface area contributed by atoms with E-state index in [1.807, 2.05) is 32.0 Å². The van der Waals surface area contributed by atoms with Crippen molar-refractivity contribution in [3.05, 3.63) is 29.6 Å². The van der Waals surface area contributed by atoms with Crippen LogP contribution in [0.25, 0.3) is 0 Å². The second-order valence-electron chi connectivity index (χ2n) is 4.92. The van der Waals surface area contributed by atoms with E-state index in [-0.39, 0.29) is 6.04 Å². The first-order valence-electron chi connectivity index (χ1n) is 6.36. The SMILES string of the molecule is COc1cc(OC)cc(N(C(N)=C(C)C)C(C)C)c1. The lowest BCUT2D eigenvalue weighted by molar-refractivity contribution is 0.394. The molecule has 0 amide bonds. The van der Waals surface area contributed by atoms with Gasteiger partial charge in [0.2, 0.25) is 0 Å². The van der Waals surface area contributed by atoms with Gasteiger partial charge in [-0.1, -0.05) is 0 Å². The number of rotatable bonds is 5. The van der Waals surface area contributed by atoms with Crippen molar-refractivity contribution < 1.29 is 9.47 Å². The van der Waals surface area contributed by atoms with Gasteiger partial charge < -0.3 is 20.1 Å². The van der Waals surface area contributed by atoms with E-state index in [0.717, 1.165) is 28.6 Å². The molecule has 0 aromatic heterocycles. The highest BCUT2D eigenvalue weighted by Gasteiger charge is 2.16. The van der Waals surface area contributed by atoms with Crippen LogP contribution >= 0.6 is 0 Å². The van der Waals surface area contributed by atoms with Crippen LogP contribution in [0.4, 0.5) is 5.69 Å². The molecule has 106 valence electrons. The van der Waals surface area contributed by atoms with Crippen LogP contribution < -0.4 is 20.1 Å². The van der Waals surface area contributed by atoms with Crippen LogP contribution in [0.15, 0.2) is 29.6 Å². The molecule has 4 nitrogen and oxygen atoms in total. The summed E-state index contributed by atoms with van der Waals surface area (Å²) >= 11 is 0. The standard InChI is InChI=1S/C15H24N2O2/c1-10(2)15(16)17(11(3)4)12-7-13(18-5)9-14(8-12)19-6/h7-9,11H,16H2,1-6H3. The lowest BCUT2D eigenvalue weighted by Gasteiger charge is -2.30. The first kappa shape index (κ1) is 15.2. The molecule has 0 spiro atoms. The van der Waals surface area contributed by atoms with Gasteiger partial charge in [0.15, 0.2) is 0 Å². The van der Waals surface area contributed by atoms with Gasteiger partial charge in [0, 0.05) is 29.9 Å². The van der Waals surface area contributed by atoms with Gasteiger partial charge in [-0.25, -0.2) is 0 Å². The number of nitrogens with two attached hydrogens (primary N) is 1. The molecule has 19 heavy (non-hydrogen) atoms. The molecule has 0 fully saturated rings. The molecule has 0 radical (unpaired) electrons. The summed E-state index contributed by atoms with van der Waals surface area (Å²) in [5, 5.41) is 0. The molecule has 0 saturated heterocycles. The minimum Gasteiger partial charge on any atom is -0.497 e. The number of allylic oxidation sites excluding steroid dienone is 1. The molecule has 1 aromatic carbocycles. The lowest BCUT2D eigenvalue weighted by atomic mass is 10.2. The topological polar surface area (TPSA) is 47.7 Å². The number of anilines is 1. The molecule has 0 unspecified atom stereocenters. The largest absolute Gasteiger partial charge is 0.497 e. The van der Waals surface area contributed by atoms with E-state index in [4.69, 9.17) is 15.2 Å². The Morgan fingerprint density at radius 2 is 1.53 bits per heavy atom. The van der Waals surface area contributed by atoms with Crippen molar-refractivity contribution in [1.29, 1.82) is 0 Å². The normalized spacial score (nSPS) is 10.3. The van der Waals surface area contributed by atoms with E-state index in [1.165, 1.54) is 0 Å². The molecule has 0 atom stereocenters. The molecule has 0 saturated carbocycles. The van der Waals surface area contributed by atoms with Crippen LogP contribution in [0, 0.1) is 0 Å². The predicted octanol–water partition coefficient (Wildman–Crippen LogP) is 3.13. The van der Waals surface area contributed by atoms with Crippen molar-refractivity contribution in [1.82, 2.24) is 0 Å². The Labute approximate surface area is 115 Å². The number of hydrogen-bond acceptors (Lipinski definition) is 4. The molecule has 1 aromatic rings. The highest BCUT2D eigenvalue weighted by atomic mass is 16.5. The smallest absolute Gasteiger partial charge is 0.124 e. The minimum atomic E-state index is 0.242. The van der Waals surface area contributed by atoms with E-state index in [1.54, 1.807) is 14.2 Å². The summed E-state index contributed by atoms with van der Waals surface area (Å²) in [5.41, 5.74) is 8.24. The molecule has 4 heteroatoms. The molecular formula is C15H24N2O2. The maximum absolute atomic E-state index is 6.20. The van der Waals surface area contributed by atoms with Crippen LogP contribution in [0.3, 0.4) is 0 Å². The van der Waals surface area contributed by atoms with E-state index < -0.39 is 0 Å². The number of hydrogen-bond donors (Lipinski definition) is 1. The third-order valence-electron chi connectivity index (χ3n) is 2.90. The van der Waals surface area contributed by atoms with E-state index in [2.05, 4.69) is 18.7 Å². The van der Waals surface area contributed by atoms with E-state index in [9.17, 15) is 0 Å². The Balaban J connectivity index is 3.34.